The van der Waals surface area contributed by atoms with Gasteiger partial charge in [0.05, 0.1) is 6.54 Å². The Morgan fingerprint density at radius 2 is 1.84 bits per heavy atom. The monoisotopic (exact) mass is 436 g/mol. The molecule has 0 fully saturated rings. The lowest BCUT2D eigenvalue weighted by atomic mass is 9.95. The van der Waals surface area contributed by atoms with Crippen LogP contribution >= 0.6 is 0 Å². The van der Waals surface area contributed by atoms with Gasteiger partial charge in [0.2, 0.25) is 0 Å². The molecule has 1 aliphatic heterocycles. The molecule has 0 bridgehead atoms. The highest BCUT2D eigenvalue weighted by Gasteiger charge is 2.28. The first kappa shape index (κ1) is 23.4. The lowest BCUT2D eigenvalue weighted by Crippen LogP contribution is -2.40. The van der Waals surface area contributed by atoms with Crippen molar-refractivity contribution in [1.82, 2.24) is 9.80 Å². The second-order valence-corrected chi connectivity index (χ2v) is 9.18. The third kappa shape index (κ3) is 6.36. The van der Waals surface area contributed by atoms with E-state index in [1.807, 2.05) is 76.2 Å². The fourth-order valence-electron chi connectivity index (χ4n) is 3.43. The third-order valence-electron chi connectivity index (χ3n) is 5.00. The lowest BCUT2D eigenvalue weighted by molar-refractivity contribution is 0.0222. The molecule has 0 saturated carbocycles. The Morgan fingerprint density at radius 3 is 2.50 bits per heavy atom. The van der Waals surface area contributed by atoms with Crippen LogP contribution in [0.3, 0.4) is 0 Å². The van der Waals surface area contributed by atoms with Gasteiger partial charge in [0, 0.05) is 44.0 Å². The quantitative estimate of drug-likeness (QED) is 0.480. The largest absolute Gasteiger partial charge is 0.489 e. The van der Waals surface area contributed by atoms with Crippen molar-refractivity contribution in [2.24, 2.45) is 0 Å². The number of hydrogen-bond acceptors (Lipinski definition) is 5. The minimum atomic E-state index is -0.556. The summed E-state index contributed by atoms with van der Waals surface area (Å²) < 4.78 is 11.7. The van der Waals surface area contributed by atoms with Gasteiger partial charge in [-0.25, -0.2) is 4.79 Å². The Bertz CT molecular complexity index is 991. The summed E-state index contributed by atoms with van der Waals surface area (Å²) in [7, 11) is 3.74. The van der Waals surface area contributed by atoms with E-state index in [0.717, 1.165) is 16.7 Å². The summed E-state index contributed by atoms with van der Waals surface area (Å²) in [5.41, 5.74) is 3.00. The molecular formula is C26H32N2O4. The van der Waals surface area contributed by atoms with Crippen LogP contribution in [0.25, 0.3) is 0 Å². The Labute approximate surface area is 190 Å². The summed E-state index contributed by atoms with van der Waals surface area (Å²) in [6.07, 6.45) is 3.58. The van der Waals surface area contributed by atoms with Crippen LogP contribution in [0.4, 0.5) is 4.79 Å². The van der Waals surface area contributed by atoms with Gasteiger partial charge in [0.15, 0.2) is 5.78 Å². The molecule has 0 aromatic heterocycles. The van der Waals surface area contributed by atoms with E-state index in [1.165, 1.54) is 0 Å². The maximum atomic E-state index is 12.7. The van der Waals surface area contributed by atoms with Crippen molar-refractivity contribution in [2.45, 2.75) is 45.9 Å². The number of carbonyl (C=O) groups excluding carboxylic acids is 2. The molecule has 0 spiro atoms. The Balaban J connectivity index is 1.90. The molecule has 0 N–H and O–H groups in total. The average Bonchev–Trinajstić information content (AvgIpc) is 2.74. The fourth-order valence-corrected chi connectivity index (χ4v) is 3.43. The van der Waals surface area contributed by atoms with Crippen molar-refractivity contribution >= 4 is 11.9 Å². The van der Waals surface area contributed by atoms with E-state index in [4.69, 9.17) is 9.47 Å². The number of nitrogens with zero attached hydrogens (tertiary/aromatic N) is 2. The number of ketones is 1. The zero-order valence-corrected chi connectivity index (χ0v) is 19.6. The highest BCUT2D eigenvalue weighted by Crippen LogP contribution is 2.32. The Kier molecular flexibility index (Phi) is 7.23. The van der Waals surface area contributed by atoms with Crippen molar-refractivity contribution in [3.05, 3.63) is 77.0 Å². The minimum Gasteiger partial charge on any atom is -0.489 e. The molecule has 0 aliphatic carbocycles. The van der Waals surface area contributed by atoms with E-state index < -0.39 is 5.60 Å². The van der Waals surface area contributed by atoms with Crippen LogP contribution in [-0.2, 0) is 24.3 Å². The van der Waals surface area contributed by atoms with Crippen molar-refractivity contribution in [1.29, 1.82) is 0 Å². The number of rotatable bonds is 6. The van der Waals surface area contributed by atoms with E-state index in [9.17, 15) is 9.59 Å². The van der Waals surface area contributed by atoms with E-state index >= 15 is 0 Å². The van der Waals surface area contributed by atoms with Crippen LogP contribution in [0.1, 0.15) is 47.8 Å². The summed E-state index contributed by atoms with van der Waals surface area (Å²) in [5, 5.41) is 0. The van der Waals surface area contributed by atoms with Crippen molar-refractivity contribution in [3.8, 4) is 5.75 Å². The molecule has 1 heterocycles. The second-order valence-electron chi connectivity index (χ2n) is 9.18. The van der Waals surface area contributed by atoms with Crippen LogP contribution in [-0.4, -0.2) is 47.9 Å². The molecule has 0 saturated heterocycles. The van der Waals surface area contributed by atoms with Crippen LogP contribution in [0.5, 0.6) is 5.75 Å². The first-order valence-electron chi connectivity index (χ1n) is 10.8. The van der Waals surface area contributed by atoms with E-state index in [0.29, 0.717) is 37.4 Å². The Morgan fingerprint density at radius 1 is 1.12 bits per heavy atom. The van der Waals surface area contributed by atoms with Gasteiger partial charge in [0.25, 0.3) is 0 Å². The number of benzene rings is 2. The second kappa shape index (κ2) is 9.90. The standard InChI is InChI=1S/C26H32N2O4/c1-26(2,3)32-25(30)28-14-11-20-15-21(23(29)12-13-27(4)5)16-24(22(20)17-28)31-18-19-9-7-6-8-10-19/h6-10,12-13,15-16H,11,14,17-18H2,1-5H3/b13-12+. The third-order valence-corrected chi connectivity index (χ3v) is 5.00. The molecular weight excluding hydrogens is 404 g/mol. The smallest absolute Gasteiger partial charge is 0.410 e. The average molecular weight is 437 g/mol. The molecule has 32 heavy (non-hydrogen) atoms. The molecule has 6 nitrogen and oxygen atoms in total. The summed E-state index contributed by atoms with van der Waals surface area (Å²) in [4.78, 5) is 28.9. The molecule has 0 radical (unpaired) electrons. The summed E-state index contributed by atoms with van der Waals surface area (Å²) in [6.45, 7) is 6.87. The van der Waals surface area contributed by atoms with Gasteiger partial charge >= 0.3 is 6.09 Å². The highest BCUT2D eigenvalue weighted by atomic mass is 16.6. The molecule has 170 valence electrons. The zero-order valence-electron chi connectivity index (χ0n) is 19.6. The number of amides is 1. The summed E-state index contributed by atoms with van der Waals surface area (Å²) in [6, 6.07) is 13.6. The summed E-state index contributed by atoms with van der Waals surface area (Å²) in [5.74, 6) is 0.543. The van der Waals surface area contributed by atoms with Crippen molar-refractivity contribution in [2.75, 3.05) is 20.6 Å². The number of allylic oxidation sites excluding steroid dienone is 1. The molecule has 0 unspecified atom stereocenters. The maximum absolute atomic E-state index is 12.7. The molecule has 0 atom stereocenters. The lowest BCUT2D eigenvalue weighted by Gasteiger charge is -2.32. The van der Waals surface area contributed by atoms with Gasteiger partial charge in [-0.15, -0.1) is 0 Å². The zero-order chi connectivity index (χ0) is 23.3. The molecule has 1 amide bonds. The molecule has 2 aromatic carbocycles. The van der Waals surface area contributed by atoms with E-state index in [1.54, 1.807) is 23.2 Å². The Hall–Kier alpha value is -3.28. The number of ether oxygens (including phenoxy) is 2. The van der Waals surface area contributed by atoms with Crippen LogP contribution in [0, 0.1) is 0 Å². The summed E-state index contributed by atoms with van der Waals surface area (Å²) >= 11 is 0. The van der Waals surface area contributed by atoms with Crippen LogP contribution in [0.15, 0.2) is 54.7 Å². The molecule has 2 aromatic rings. The van der Waals surface area contributed by atoms with Crippen LogP contribution in [0.2, 0.25) is 0 Å². The number of fused-ring (bicyclic) bond motifs is 1. The van der Waals surface area contributed by atoms with Gasteiger partial charge in [-0.05, 0) is 50.5 Å². The van der Waals surface area contributed by atoms with E-state index in [2.05, 4.69) is 0 Å². The number of carbonyl (C=O) groups is 2. The van der Waals surface area contributed by atoms with Gasteiger partial charge in [-0.3, -0.25) is 4.79 Å². The van der Waals surface area contributed by atoms with Crippen molar-refractivity contribution < 1.29 is 19.1 Å². The van der Waals surface area contributed by atoms with Gasteiger partial charge in [-0.1, -0.05) is 30.3 Å². The first-order chi connectivity index (χ1) is 15.1. The van der Waals surface area contributed by atoms with Gasteiger partial charge in [-0.2, -0.15) is 0 Å². The van der Waals surface area contributed by atoms with Crippen LogP contribution < -0.4 is 4.74 Å². The predicted octanol–water partition coefficient (Wildman–Crippen LogP) is 4.82. The fraction of sp³-hybridized carbons (Fsp3) is 0.385. The predicted molar refractivity (Wildman–Crippen MR) is 125 cm³/mol. The first-order valence-corrected chi connectivity index (χ1v) is 10.8. The highest BCUT2D eigenvalue weighted by molar-refractivity contribution is 6.05. The molecule has 6 heteroatoms. The normalized spacial score (nSPS) is 13.6. The molecule has 3 rings (SSSR count). The number of hydrogen-bond donors (Lipinski definition) is 0. The maximum Gasteiger partial charge on any atom is 0.410 e. The molecule has 1 aliphatic rings. The topological polar surface area (TPSA) is 59.1 Å². The SMILES string of the molecule is CN(C)/C=C/C(=O)c1cc2c(c(OCc3ccccc3)c1)CN(C(=O)OC(C)(C)C)CC2. The van der Waals surface area contributed by atoms with E-state index in [-0.39, 0.29) is 11.9 Å². The van der Waals surface area contributed by atoms with Gasteiger partial charge in [0.1, 0.15) is 18.0 Å². The minimum absolute atomic E-state index is 0.0827. The van der Waals surface area contributed by atoms with Crippen molar-refractivity contribution in [3.63, 3.8) is 0 Å². The van der Waals surface area contributed by atoms with Gasteiger partial charge < -0.3 is 19.3 Å².